The standard InChI is InChI=1S/C20H21F3N2O5S/c1-29-18-10-9-16(13-17(18)19(26)25-11-3-2-4-12-25)31(27,28)24-14-5-7-15(8-6-14)30-20(21,22)23/h5-10,13,24H,2-4,11-12H2,1H3. The van der Waals surface area contributed by atoms with Crippen LogP contribution in [0.3, 0.4) is 0 Å². The number of nitrogens with zero attached hydrogens (tertiary/aromatic N) is 1. The minimum absolute atomic E-state index is 0.0363. The Bertz CT molecular complexity index is 1030. The first kappa shape index (κ1) is 22.7. The number of rotatable bonds is 6. The van der Waals surface area contributed by atoms with E-state index in [1.165, 1.54) is 25.3 Å². The van der Waals surface area contributed by atoms with Crippen molar-refractivity contribution in [3.63, 3.8) is 0 Å². The number of nitrogens with one attached hydrogen (secondary N) is 1. The van der Waals surface area contributed by atoms with Crippen LogP contribution in [0.1, 0.15) is 29.6 Å². The largest absolute Gasteiger partial charge is 0.573 e. The summed E-state index contributed by atoms with van der Waals surface area (Å²) in [4.78, 5) is 14.4. The second kappa shape index (κ2) is 9.04. The van der Waals surface area contributed by atoms with Crippen molar-refractivity contribution in [3.05, 3.63) is 48.0 Å². The number of benzene rings is 2. The van der Waals surface area contributed by atoms with Crippen LogP contribution in [0.2, 0.25) is 0 Å². The number of methoxy groups -OCH3 is 1. The zero-order valence-electron chi connectivity index (χ0n) is 16.6. The van der Waals surface area contributed by atoms with Crippen LogP contribution in [0.4, 0.5) is 18.9 Å². The average Bonchev–Trinajstić information content (AvgIpc) is 2.73. The topological polar surface area (TPSA) is 84.9 Å². The van der Waals surface area contributed by atoms with Gasteiger partial charge in [0.15, 0.2) is 0 Å². The second-order valence-corrected chi connectivity index (χ2v) is 8.58. The number of carbonyl (C=O) groups excluding carboxylic acids is 1. The molecule has 1 N–H and O–H groups in total. The fourth-order valence-corrected chi connectivity index (χ4v) is 4.31. The Labute approximate surface area is 177 Å². The molecule has 2 aromatic carbocycles. The Morgan fingerprint density at radius 2 is 1.68 bits per heavy atom. The molecule has 0 aromatic heterocycles. The van der Waals surface area contributed by atoms with Gasteiger partial charge in [-0.25, -0.2) is 8.42 Å². The fraction of sp³-hybridized carbons (Fsp3) is 0.350. The summed E-state index contributed by atoms with van der Waals surface area (Å²) < 4.78 is 73.6. The highest BCUT2D eigenvalue weighted by molar-refractivity contribution is 7.92. The molecule has 0 radical (unpaired) electrons. The normalized spacial score (nSPS) is 14.8. The van der Waals surface area contributed by atoms with Gasteiger partial charge in [0.1, 0.15) is 11.5 Å². The lowest BCUT2D eigenvalue weighted by Gasteiger charge is -2.27. The molecule has 168 valence electrons. The number of alkyl halides is 3. The third kappa shape index (κ3) is 5.81. The molecule has 0 saturated carbocycles. The Morgan fingerprint density at radius 3 is 2.26 bits per heavy atom. The maximum Gasteiger partial charge on any atom is 0.573 e. The number of amides is 1. The zero-order chi connectivity index (χ0) is 22.6. The first-order valence-corrected chi connectivity index (χ1v) is 10.9. The molecule has 1 saturated heterocycles. The minimum Gasteiger partial charge on any atom is -0.496 e. The van der Waals surface area contributed by atoms with Crippen LogP contribution in [0.5, 0.6) is 11.5 Å². The summed E-state index contributed by atoms with van der Waals surface area (Å²) >= 11 is 0. The van der Waals surface area contributed by atoms with E-state index >= 15 is 0 Å². The highest BCUT2D eigenvalue weighted by atomic mass is 32.2. The summed E-state index contributed by atoms with van der Waals surface area (Å²) in [7, 11) is -2.72. The lowest BCUT2D eigenvalue weighted by atomic mass is 10.1. The Kier molecular flexibility index (Phi) is 6.63. The number of hydrogen-bond donors (Lipinski definition) is 1. The van der Waals surface area contributed by atoms with Crippen LogP contribution in [0, 0.1) is 0 Å². The Balaban J connectivity index is 1.83. The molecule has 0 aliphatic carbocycles. The van der Waals surface area contributed by atoms with Crippen LogP contribution in [-0.4, -0.2) is 45.8 Å². The van der Waals surface area contributed by atoms with Gasteiger partial charge in [0, 0.05) is 18.8 Å². The Morgan fingerprint density at radius 1 is 1.03 bits per heavy atom. The average molecular weight is 458 g/mol. The van der Waals surface area contributed by atoms with Crippen molar-refractivity contribution in [1.82, 2.24) is 4.90 Å². The lowest BCUT2D eigenvalue weighted by Crippen LogP contribution is -2.35. The third-order valence-corrected chi connectivity index (χ3v) is 6.07. The summed E-state index contributed by atoms with van der Waals surface area (Å²) in [6.07, 6.45) is -2.06. The number of ether oxygens (including phenoxy) is 2. The van der Waals surface area contributed by atoms with Gasteiger partial charge >= 0.3 is 6.36 Å². The Hall–Kier alpha value is -2.95. The van der Waals surface area contributed by atoms with Gasteiger partial charge < -0.3 is 14.4 Å². The smallest absolute Gasteiger partial charge is 0.496 e. The molecule has 0 unspecified atom stereocenters. The van der Waals surface area contributed by atoms with Crippen LogP contribution in [0.15, 0.2) is 47.4 Å². The minimum atomic E-state index is -4.85. The van der Waals surface area contributed by atoms with E-state index in [1.807, 2.05) is 0 Å². The summed E-state index contributed by atoms with van der Waals surface area (Å²) in [6.45, 7) is 1.17. The lowest BCUT2D eigenvalue weighted by molar-refractivity contribution is -0.274. The molecule has 1 heterocycles. The molecule has 2 aromatic rings. The number of piperidine rings is 1. The van der Waals surface area contributed by atoms with Gasteiger partial charge in [-0.1, -0.05) is 0 Å². The summed E-state index contributed by atoms with van der Waals surface area (Å²) in [5.41, 5.74) is 0.162. The van der Waals surface area contributed by atoms with Crippen molar-refractivity contribution >= 4 is 21.6 Å². The van der Waals surface area contributed by atoms with E-state index in [0.717, 1.165) is 43.5 Å². The van der Waals surface area contributed by atoms with Crippen LogP contribution >= 0.6 is 0 Å². The molecular formula is C20H21F3N2O5S. The summed E-state index contributed by atoms with van der Waals surface area (Å²) in [5.74, 6) is -0.542. The van der Waals surface area contributed by atoms with Crippen molar-refractivity contribution in [2.45, 2.75) is 30.5 Å². The highest BCUT2D eigenvalue weighted by Gasteiger charge is 2.31. The van der Waals surface area contributed by atoms with E-state index in [1.54, 1.807) is 4.90 Å². The zero-order valence-corrected chi connectivity index (χ0v) is 17.4. The molecule has 7 nitrogen and oxygen atoms in total. The number of carbonyl (C=O) groups is 1. The predicted octanol–water partition coefficient (Wildman–Crippen LogP) is 4.02. The number of likely N-dealkylation sites (tertiary alicyclic amines) is 1. The van der Waals surface area contributed by atoms with Gasteiger partial charge in [-0.05, 0) is 61.7 Å². The van der Waals surface area contributed by atoms with Gasteiger partial charge in [0.25, 0.3) is 15.9 Å². The maximum absolute atomic E-state index is 12.9. The molecule has 0 spiro atoms. The summed E-state index contributed by atoms with van der Waals surface area (Å²) in [6, 6.07) is 8.18. The van der Waals surface area contributed by atoms with E-state index in [0.29, 0.717) is 13.1 Å². The highest BCUT2D eigenvalue weighted by Crippen LogP contribution is 2.28. The van der Waals surface area contributed by atoms with Crippen LogP contribution < -0.4 is 14.2 Å². The van der Waals surface area contributed by atoms with E-state index < -0.39 is 22.1 Å². The van der Waals surface area contributed by atoms with Crippen molar-refractivity contribution < 1.29 is 35.9 Å². The van der Waals surface area contributed by atoms with Gasteiger partial charge in [0.05, 0.1) is 17.6 Å². The van der Waals surface area contributed by atoms with Crippen LogP contribution in [0.25, 0.3) is 0 Å². The molecule has 1 amide bonds. The second-order valence-electron chi connectivity index (χ2n) is 6.89. The fourth-order valence-electron chi connectivity index (χ4n) is 3.23. The maximum atomic E-state index is 12.9. The van der Waals surface area contributed by atoms with Gasteiger partial charge in [-0.2, -0.15) is 0 Å². The first-order chi connectivity index (χ1) is 14.6. The van der Waals surface area contributed by atoms with Gasteiger partial charge in [-0.15, -0.1) is 13.2 Å². The molecule has 1 aliphatic rings. The van der Waals surface area contributed by atoms with E-state index in [9.17, 15) is 26.4 Å². The van der Waals surface area contributed by atoms with E-state index in [-0.39, 0.29) is 27.8 Å². The monoisotopic (exact) mass is 458 g/mol. The van der Waals surface area contributed by atoms with Crippen molar-refractivity contribution in [2.24, 2.45) is 0 Å². The van der Waals surface area contributed by atoms with E-state index in [4.69, 9.17) is 4.74 Å². The number of hydrogen-bond acceptors (Lipinski definition) is 5. The van der Waals surface area contributed by atoms with E-state index in [2.05, 4.69) is 9.46 Å². The molecule has 3 rings (SSSR count). The molecule has 0 bridgehead atoms. The summed E-state index contributed by atoms with van der Waals surface area (Å²) in [5, 5.41) is 0. The van der Waals surface area contributed by atoms with Crippen molar-refractivity contribution in [3.8, 4) is 11.5 Å². The van der Waals surface area contributed by atoms with Gasteiger partial charge in [0.2, 0.25) is 0 Å². The quantitative estimate of drug-likeness (QED) is 0.707. The number of sulfonamides is 1. The van der Waals surface area contributed by atoms with Crippen molar-refractivity contribution in [1.29, 1.82) is 0 Å². The molecule has 11 heteroatoms. The molecular weight excluding hydrogens is 437 g/mol. The third-order valence-electron chi connectivity index (χ3n) is 4.70. The number of halogens is 3. The predicted molar refractivity (Wildman–Crippen MR) is 107 cm³/mol. The number of anilines is 1. The molecule has 0 atom stereocenters. The SMILES string of the molecule is COc1ccc(S(=O)(=O)Nc2ccc(OC(F)(F)F)cc2)cc1C(=O)N1CCCCC1. The molecule has 1 aliphatic heterocycles. The molecule has 31 heavy (non-hydrogen) atoms. The van der Waals surface area contributed by atoms with Crippen molar-refractivity contribution in [2.75, 3.05) is 24.9 Å². The van der Waals surface area contributed by atoms with Gasteiger partial charge in [-0.3, -0.25) is 9.52 Å². The van der Waals surface area contributed by atoms with Crippen LogP contribution in [-0.2, 0) is 10.0 Å². The molecule has 1 fully saturated rings. The first-order valence-electron chi connectivity index (χ1n) is 9.45.